The lowest BCUT2D eigenvalue weighted by Crippen LogP contribution is -1.97. The molecule has 0 bridgehead atoms. The third kappa shape index (κ3) is 3.21. The van der Waals surface area contributed by atoms with Crippen LogP contribution in [0.25, 0.3) is 0 Å². The van der Waals surface area contributed by atoms with Gasteiger partial charge < -0.3 is 18.9 Å². The summed E-state index contributed by atoms with van der Waals surface area (Å²) in [5.41, 5.74) is 1.85. The van der Waals surface area contributed by atoms with Crippen LogP contribution in [-0.4, -0.2) is 28.4 Å². The molecule has 0 spiro atoms. The SMILES string of the molecule is COc1ccc([CH]c2cccc(OC)c2OC)c(OC)c1. The van der Waals surface area contributed by atoms with Gasteiger partial charge >= 0.3 is 0 Å². The quantitative estimate of drug-likeness (QED) is 0.816. The average Bonchev–Trinajstić information content (AvgIpc) is 2.54. The van der Waals surface area contributed by atoms with Crippen molar-refractivity contribution in [1.82, 2.24) is 0 Å². The zero-order valence-corrected chi connectivity index (χ0v) is 12.7. The molecular weight excluding hydrogens is 268 g/mol. The second-order valence-electron chi connectivity index (χ2n) is 4.33. The second kappa shape index (κ2) is 6.88. The van der Waals surface area contributed by atoms with Gasteiger partial charge in [-0.3, -0.25) is 0 Å². The smallest absolute Gasteiger partial charge is 0.164 e. The van der Waals surface area contributed by atoms with Crippen molar-refractivity contribution in [2.75, 3.05) is 28.4 Å². The van der Waals surface area contributed by atoms with Crippen LogP contribution in [-0.2, 0) is 0 Å². The monoisotopic (exact) mass is 287 g/mol. The third-order valence-corrected chi connectivity index (χ3v) is 3.19. The minimum atomic E-state index is 0.692. The molecule has 0 fully saturated rings. The van der Waals surface area contributed by atoms with Crippen molar-refractivity contribution < 1.29 is 18.9 Å². The largest absolute Gasteiger partial charge is 0.497 e. The van der Waals surface area contributed by atoms with Crippen molar-refractivity contribution in [2.24, 2.45) is 0 Å². The highest BCUT2D eigenvalue weighted by atomic mass is 16.5. The highest BCUT2D eigenvalue weighted by molar-refractivity contribution is 5.56. The van der Waals surface area contributed by atoms with Gasteiger partial charge in [0.1, 0.15) is 11.5 Å². The van der Waals surface area contributed by atoms with Crippen LogP contribution in [0.3, 0.4) is 0 Å². The molecule has 0 heterocycles. The number of ether oxygens (including phenoxy) is 4. The first-order chi connectivity index (χ1) is 10.2. The molecule has 2 aromatic rings. The van der Waals surface area contributed by atoms with Crippen LogP contribution in [0, 0.1) is 6.42 Å². The maximum atomic E-state index is 5.44. The lowest BCUT2D eigenvalue weighted by atomic mass is 10.0. The normalized spacial score (nSPS) is 10.1. The highest BCUT2D eigenvalue weighted by Crippen LogP contribution is 2.35. The van der Waals surface area contributed by atoms with Gasteiger partial charge in [-0.1, -0.05) is 18.2 Å². The van der Waals surface area contributed by atoms with E-state index in [1.54, 1.807) is 28.4 Å². The molecule has 0 saturated carbocycles. The standard InChI is InChI=1S/C17H19O4/c1-18-14-9-8-12(16(11-14)20-3)10-13-6-5-7-15(19-2)17(13)21-4/h5-11H,1-4H3. The van der Waals surface area contributed by atoms with Crippen LogP contribution in [0.5, 0.6) is 23.0 Å². The van der Waals surface area contributed by atoms with E-state index in [1.807, 2.05) is 42.8 Å². The summed E-state index contributed by atoms with van der Waals surface area (Å²) in [6.07, 6.45) is 1.99. The minimum Gasteiger partial charge on any atom is -0.497 e. The molecule has 0 aliphatic carbocycles. The molecule has 2 rings (SSSR count). The average molecular weight is 287 g/mol. The van der Waals surface area contributed by atoms with E-state index in [2.05, 4.69) is 0 Å². The summed E-state index contributed by atoms with van der Waals surface area (Å²) in [5, 5.41) is 0. The maximum Gasteiger partial charge on any atom is 0.164 e. The predicted octanol–water partition coefficient (Wildman–Crippen LogP) is 3.32. The van der Waals surface area contributed by atoms with Crippen LogP contribution in [0.15, 0.2) is 36.4 Å². The van der Waals surface area contributed by atoms with Crippen LogP contribution >= 0.6 is 0 Å². The topological polar surface area (TPSA) is 36.9 Å². The van der Waals surface area contributed by atoms with Gasteiger partial charge in [-0.25, -0.2) is 0 Å². The van der Waals surface area contributed by atoms with E-state index < -0.39 is 0 Å². The van der Waals surface area contributed by atoms with Crippen molar-refractivity contribution >= 4 is 0 Å². The van der Waals surface area contributed by atoms with E-state index >= 15 is 0 Å². The summed E-state index contributed by atoms with van der Waals surface area (Å²) in [5.74, 6) is 2.87. The Morgan fingerprint density at radius 3 is 2.10 bits per heavy atom. The Morgan fingerprint density at radius 1 is 0.714 bits per heavy atom. The fourth-order valence-corrected chi connectivity index (χ4v) is 2.13. The fourth-order valence-electron chi connectivity index (χ4n) is 2.13. The lowest BCUT2D eigenvalue weighted by molar-refractivity contribution is 0.353. The van der Waals surface area contributed by atoms with Crippen molar-refractivity contribution in [1.29, 1.82) is 0 Å². The molecular formula is C17H19O4. The first-order valence-electron chi connectivity index (χ1n) is 6.51. The Kier molecular flexibility index (Phi) is 4.93. The summed E-state index contributed by atoms with van der Waals surface area (Å²) >= 11 is 0. The molecule has 0 unspecified atom stereocenters. The zero-order valence-electron chi connectivity index (χ0n) is 12.7. The molecule has 0 saturated heterocycles. The van der Waals surface area contributed by atoms with Gasteiger partial charge in [0, 0.05) is 23.6 Å². The number of methoxy groups -OCH3 is 4. The molecule has 0 aromatic heterocycles. The Labute approximate surface area is 125 Å². The van der Waals surface area contributed by atoms with Gasteiger partial charge in [0.05, 0.1) is 28.4 Å². The van der Waals surface area contributed by atoms with Crippen LogP contribution in [0.4, 0.5) is 0 Å². The van der Waals surface area contributed by atoms with Crippen molar-refractivity contribution in [3.8, 4) is 23.0 Å². The Balaban J connectivity index is 2.38. The first-order valence-corrected chi connectivity index (χ1v) is 6.51. The first kappa shape index (κ1) is 15.0. The molecule has 0 aliphatic rings. The molecule has 111 valence electrons. The lowest BCUT2D eigenvalue weighted by Gasteiger charge is -2.14. The van der Waals surface area contributed by atoms with E-state index in [9.17, 15) is 0 Å². The number of benzene rings is 2. The Bertz CT molecular complexity index is 608. The molecule has 0 amide bonds. The third-order valence-electron chi connectivity index (χ3n) is 3.19. The Hall–Kier alpha value is -2.36. The van der Waals surface area contributed by atoms with Gasteiger partial charge in [-0.2, -0.15) is 0 Å². The number of hydrogen-bond donors (Lipinski definition) is 0. The van der Waals surface area contributed by atoms with Gasteiger partial charge in [-0.05, 0) is 12.1 Å². The highest BCUT2D eigenvalue weighted by Gasteiger charge is 2.13. The van der Waals surface area contributed by atoms with Crippen LogP contribution < -0.4 is 18.9 Å². The number of rotatable bonds is 6. The summed E-state index contributed by atoms with van der Waals surface area (Å²) in [4.78, 5) is 0. The number of hydrogen-bond acceptors (Lipinski definition) is 4. The van der Waals surface area contributed by atoms with E-state index in [0.29, 0.717) is 11.5 Å². The van der Waals surface area contributed by atoms with Crippen LogP contribution in [0.1, 0.15) is 11.1 Å². The summed E-state index contributed by atoms with van der Waals surface area (Å²) in [6.45, 7) is 0. The molecule has 21 heavy (non-hydrogen) atoms. The Morgan fingerprint density at radius 2 is 1.48 bits per heavy atom. The van der Waals surface area contributed by atoms with Crippen LogP contribution in [0.2, 0.25) is 0 Å². The van der Waals surface area contributed by atoms with Crippen molar-refractivity contribution in [3.63, 3.8) is 0 Å². The van der Waals surface area contributed by atoms with Gasteiger partial charge in [0.2, 0.25) is 0 Å². The van der Waals surface area contributed by atoms with E-state index in [0.717, 1.165) is 22.6 Å². The summed E-state index contributed by atoms with van der Waals surface area (Å²) in [6, 6.07) is 11.4. The maximum absolute atomic E-state index is 5.44. The van der Waals surface area contributed by atoms with Gasteiger partial charge in [-0.15, -0.1) is 0 Å². The van der Waals surface area contributed by atoms with E-state index in [1.165, 1.54) is 0 Å². The molecule has 0 atom stereocenters. The predicted molar refractivity (Wildman–Crippen MR) is 81.6 cm³/mol. The minimum absolute atomic E-state index is 0.692. The number of para-hydroxylation sites is 1. The van der Waals surface area contributed by atoms with Crippen molar-refractivity contribution in [3.05, 3.63) is 53.9 Å². The van der Waals surface area contributed by atoms with Crippen molar-refractivity contribution in [2.45, 2.75) is 0 Å². The molecule has 0 aliphatic heterocycles. The van der Waals surface area contributed by atoms with E-state index in [4.69, 9.17) is 18.9 Å². The molecule has 2 aromatic carbocycles. The molecule has 4 heteroatoms. The van der Waals surface area contributed by atoms with Gasteiger partial charge in [0.15, 0.2) is 11.5 Å². The molecule has 1 radical (unpaired) electrons. The second-order valence-corrected chi connectivity index (χ2v) is 4.33. The summed E-state index contributed by atoms with van der Waals surface area (Å²) < 4.78 is 21.4. The molecule has 0 N–H and O–H groups in total. The molecule has 4 nitrogen and oxygen atoms in total. The van der Waals surface area contributed by atoms with Gasteiger partial charge in [0.25, 0.3) is 0 Å². The summed E-state index contributed by atoms with van der Waals surface area (Å²) in [7, 11) is 6.51. The fraction of sp³-hybridized carbons (Fsp3) is 0.235. The van der Waals surface area contributed by atoms with E-state index in [-0.39, 0.29) is 0 Å². The zero-order chi connectivity index (χ0) is 15.2.